The second-order valence-electron chi connectivity index (χ2n) is 6.42. The Morgan fingerprint density at radius 1 is 1.07 bits per heavy atom. The van der Waals surface area contributed by atoms with Crippen LogP contribution in [0.5, 0.6) is 11.5 Å². The number of nitrogens with one attached hydrogen (secondary N) is 1. The molecule has 2 aromatic rings. The van der Waals surface area contributed by atoms with Crippen LogP contribution in [-0.2, 0) is 14.8 Å². The minimum Gasteiger partial charge on any atom is -0.493 e. The van der Waals surface area contributed by atoms with Gasteiger partial charge in [0, 0.05) is 12.6 Å². The van der Waals surface area contributed by atoms with E-state index in [1.165, 1.54) is 20.3 Å². The molecule has 0 saturated heterocycles. The summed E-state index contributed by atoms with van der Waals surface area (Å²) in [5.41, 5.74) is 1.43. The number of ether oxygens (including phenoxy) is 2. The van der Waals surface area contributed by atoms with Crippen LogP contribution >= 0.6 is 0 Å². The number of rotatable bonds is 9. The fourth-order valence-corrected chi connectivity index (χ4v) is 3.58. The van der Waals surface area contributed by atoms with Crippen molar-refractivity contribution >= 4 is 21.6 Å². The summed E-state index contributed by atoms with van der Waals surface area (Å²) in [6, 6.07) is 14.5. The highest BCUT2D eigenvalue weighted by Crippen LogP contribution is 2.32. The molecule has 1 N–H and O–H groups in total. The first-order chi connectivity index (χ1) is 13.3. The third kappa shape index (κ3) is 5.63. The molecule has 2 rings (SSSR count). The van der Waals surface area contributed by atoms with E-state index in [0.717, 1.165) is 16.1 Å². The van der Waals surface area contributed by atoms with E-state index in [9.17, 15) is 13.2 Å². The monoisotopic (exact) mass is 406 g/mol. The van der Waals surface area contributed by atoms with E-state index in [4.69, 9.17) is 9.47 Å². The zero-order valence-electron chi connectivity index (χ0n) is 16.5. The van der Waals surface area contributed by atoms with Crippen molar-refractivity contribution in [3.63, 3.8) is 0 Å². The van der Waals surface area contributed by atoms with Crippen LogP contribution in [0.2, 0.25) is 0 Å². The van der Waals surface area contributed by atoms with Gasteiger partial charge in [0.05, 0.1) is 26.2 Å². The predicted molar refractivity (Wildman–Crippen MR) is 110 cm³/mol. The molecule has 0 radical (unpaired) electrons. The van der Waals surface area contributed by atoms with Crippen molar-refractivity contribution < 1.29 is 22.7 Å². The standard InChI is InChI=1S/C20H26N2O5S/c1-15(16-8-6-5-7-9-16)13-21-20(23)14-22(28(4,24)25)17-10-11-18(26-2)19(12-17)27-3/h5-12,15H,13-14H2,1-4H3,(H,21,23). The summed E-state index contributed by atoms with van der Waals surface area (Å²) in [7, 11) is -0.717. The quantitative estimate of drug-likeness (QED) is 0.691. The lowest BCUT2D eigenvalue weighted by Crippen LogP contribution is -2.41. The van der Waals surface area contributed by atoms with Gasteiger partial charge in [-0.3, -0.25) is 9.10 Å². The van der Waals surface area contributed by atoms with E-state index in [1.54, 1.807) is 12.1 Å². The number of sulfonamides is 1. The van der Waals surface area contributed by atoms with Gasteiger partial charge < -0.3 is 14.8 Å². The largest absolute Gasteiger partial charge is 0.493 e. The van der Waals surface area contributed by atoms with Gasteiger partial charge in [0.15, 0.2) is 11.5 Å². The number of carbonyl (C=O) groups is 1. The molecule has 0 bridgehead atoms. The van der Waals surface area contributed by atoms with Crippen LogP contribution in [0.1, 0.15) is 18.4 Å². The van der Waals surface area contributed by atoms with Gasteiger partial charge in [-0.25, -0.2) is 8.42 Å². The van der Waals surface area contributed by atoms with Crippen LogP contribution in [0, 0.1) is 0 Å². The molecule has 1 amide bonds. The predicted octanol–water partition coefficient (Wildman–Crippen LogP) is 2.39. The Kier molecular flexibility index (Phi) is 7.28. The van der Waals surface area contributed by atoms with Gasteiger partial charge in [-0.1, -0.05) is 37.3 Å². The van der Waals surface area contributed by atoms with Crippen molar-refractivity contribution in [3.05, 3.63) is 54.1 Å². The molecule has 28 heavy (non-hydrogen) atoms. The molecule has 0 aliphatic carbocycles. The molecule has 2 aromatic carbocycles. The minimum absolute atomic E-state index is 0.109. The highest BCUT2D eigenvalue weighted by molar-refractivity contribution is 7.92. The zero-order valence-corrected chi connectivity index (χ0v) is 17.3. The smallest absolute Gasteiger partial charge is 0.240 e. The van der Waals surface area contributed by atoms with Crippen molar-refractivity contribution in [2.45, 2.75) is 12.8 Å². The van der Waals surface area contributed by atoms with Crippen LogP contribution < -0.4 is 19.1 Å². The molecule has 0 heterocycles. The van der Waals surface area contributed by atoms with Gasteiger partial charge in [-0.05, 0) is 23.6 Å². The first-order valence-corrected chi connectivity index (χ1v) is 10.6. The molecule has 0 aliphatic rings. The van der Waals surface area contributed by atoms with Gasteiger partial charge in [0.2, 0.25) is 15.9 Å². The topological polar surface area (TPSA) is 84.9 Å². The summed E-state index contributed by atoms with van der Waals surface area (Å²) < 4.78 is 35.9. The van der Waals surface area contributed by atoms with Crippen molar-refractivity contribution in [2.75, 3.05) is 37.9 Å². The number of hydrogen-bond acceptors (Lipinski definition) is 5. The summed E-state index contributed by atoms with van der Waals surface area (Å²) in [6.45, 7) is 2.08. The van der Waals surface area contributed by atoms with Crippen molar-refractivity contribution in [3.8, 4) is 11.5 Å². The highest BCUT2D eigenvalue weighted by atomic mass is 32.2. The SMILES string of the molecule is COc1ccc(N(CC(=O)NCC(C)c2ccccc2)S(C)(=O)=O)cc1OC. The van der Waals surface area contributed by atoms with E-state index in [2.05, 4.69) is 5.32 Å². The van der Waals surface area contributed by atoms with Crippen LogP contribution in [0.4, 0.5) is 5.69 Å². The zero-order chi connectivity index (χ0) is 20.7. The maximum absolute atomic E-state index is 12.4. The molecule has 0 fully saturated rings. The maximum atomic E-state index is 12.4. The summed E-state index contributed by atoms with van der Waals surface area (Å²) in [4.78, 5) is 12.4. The lowest BCUT2D eigenvalue weighted by Gasteiger charge is -2.23. The first kappa shape index (κ1) is 21.6. The molecule has 152 valence electrons. The molecular formula is C20H26N2O5S. The number of methoxy groups -OCH3 is 2. The molecule has 1 unspecified atom stereocenters. The first-order valence-electron chi connectivity index (χ1n) is 8.77. The van der Waals surface area contributed by atoms with Crippen molar-refractivity contribution in [2.24, 2.45) is 0 Å². The lowest BCUT2D eigenvalue weighted by atomic mass is 10.0. The van der Waals surface area contributed by atoms with E-state index in [0.29, 0.717) is 23.7 Å². The van der Waals surface area contributed by atoms with Crippen LogP contribution in [0.3, 0.4) is 0 Å². The number of hydrogen-bond donors (Lipinski definition) is 1. The third-order valence-corrected chi connectivity index (χ3v) is 5.46. The molecule has 0 aromatic heterocycles. The average molecular weight is 407 g/mol. The fraction of sp³-hybridized carbons (Fsp3) is 0.350. The van der Waals surface area contributed by atoms with Gasteiger partial charge >= 0.3 is 0 Å². The Balaban J connectivity index is 2.11. The van der Waals surface area contributed by atoms with E-state index in [1.807, 2.05) is 37.3 Å². The van der Waals surface area contributed by atoms with Crippen LogP contribution in [-0.4, -0.2) is 47.9 Å². The second kappa shape index (κ2) is 9.45. The number of nitrogens with zero attached hydrogens (tertiary/aromatic N) is 1. The molecule has 0 saturated carbocycles. The molecule has 1 atom stereocenters. The summed E-state index contributed by atoms with van der Waals surface area (Å²) in [6.07, 6.45) is 1.06. The van der Waals surface area contributed by atoms with E-state index >= 15 is 0 Å². The fourth-order valence-electron chi connectivity index (χ4n) is 2.73. The molecule has 7 nitrogen and oxygen atoms in total. The van der Waals surface area contributed by atoms with Crippen molar-refractivity contribution in [1.82, 2.24) is 5.32 Å². The normalized spacial score (nSPS) is 12.1. The van der Waals surface area contributed by atoms with E-state index < -0.39 is 10.0 Å². The lowest BCUT2D eigenvalue weighted by molar-refractivity contribution is -0.119. The Morgan fingerprint density at radius 2 is 1.71 bits per heavy atom. The Morgan fingerprint density at radius 3 is 2.29 bits per heavy atom. The van der Waals surface area contributed by atoms with Crippen LogP contribution in [0.15, 0.2) is 48.5 Å². The molecule has 0 aliphatic heterocycles. The summed E-state index contributed by atoms with van der Waals surface area (Å²) >= 11 is 0. The van der Waals surface area contributed by atoms with E-state index in [-0.39, 0.29) is 18.4 Å². The molecule has 8 heteroatoms. The Hall–Kier alpha value is -2.74. The van der Waals surface area contributed by atoms with Gasteiger partial charge in [-0.2, -0.15) is 0 Å². The molecule has 0 spiro atoms. The number of amides is 1. The third-order valence-electron chi connectivity index (χ3n) is 4.32. The second-order valence-corrected chi connectivity index (χ2v) is 8.33. The minimum atomic E-state index is -3.67. The number of anilines is 1. The summed E-state index contributed by atoms with van der Waals surface area (Å²) in [5.74, 6) is 0.577. The maximum Gasteiger partial charge on any atom is 0.240 e. The van der Waals surface area contributed by atoms with Gasteiger partial charge in [-0.15, -0.1) is 0 Å². The molecular weight excluding hydrogens is 380 g/mol. The Labute approximate surface area is 166 Å². The summed E-state index contributed by atoms with van der Waals surface area (Å²) in [5, 5.41) is 2.80. The van der Waals surface area contributed by atoms with Crippen molar-refractivity contribution in [1.29, 1.82) is 0 Å². The average Bonchev–Trinajstić information content (AvgIpc) is 2.69. The number of carbonyl (C=O) groups excluding carboxylic acids is 1. The highest BCUT2D eigenvalue weighted by Gasteiger charge is 2.22. The van der Waals surface area contributed by atoms with Gasteiger partial charge in [0.25, 0.3) is 0 Å². The van der Waals surface area contributed by atoms with Gasteiger partial charge in [0.1, 0.15) is 6.54 Å². The van der Waals surface area contributed by atoms with Crippen LogP contribution in [0.25, 0.3) is 0 Å². The Bertz CT molecular complexity index is 900. The number of benzene rings is 2.